The summed E-state index contributed by atoms with van der Waals surface area (Å²) in [7, 11) is 3.18. The maximum absolute atomic E-state index is 14.4. The summed E-state index contributed by atoms with van der Waals surface area (Å²) in [5.74, 6) is -3.80. The summed E-state index contributed by atoms with van der Waals surface area (Å²) in [4.78, 5) is 47.5. The number of anilines is 1. The molecule has 0 saturated carbocycles. The molecule has 0 radical (unpaired) electrons. The van der Waals surface area contributed by atoms with Crippen molar-refractivity contribution >= 4 is 52.6 Å². The van der Waals surface area contributed by atoms with E-state index in [2.05, 4.69) is 11.1 Å². The topological polar surface area (TPSA) is 110 Å². The van der Waals surface area contributed by atoms with E-state index < -0.39 is 34.7 Å². The van der Waals surface area contributed by atoms with Crippen LogP contribution in [0, 0.1) is 11.3 Å². The Hall–Kier alpha value is -3.79. The van der Waals surface area contributed by atoms with Gasteiger partial charge in [-0.05, 0) is 47.9 Å². The molecule has 3 aromatic rings. The molecule has 2 aromatic carbocycles. The van der Waals surface area contributed by atoms with Gasteiger partial charge in [0.25, 0.3) is 17.4 Å². The number of carbonyl (C=O) groups is 2. The molecule has 1 fully saturated rings. The van der Waals surface area contributed by atoms with Gasteiger partial charge in [-0.1, -0.05) is 41.0 Å². The highest BCUT2D eigenvalue weighted by Gasteiger charge is 2.39. The molecular formula is C30H27Cl2F2N5O4S. The lowest BCUT2D eigenvalue weighted by molar-refractivity contribution is 0.0121. The standard InChI is InChI=1S/C30H27Cl2F2N5O4S/c1-30(33,34)24-14-23(44-26-18(31)6-4-7-19(26)32)25(27(40)36-24)28(41)39-15-16-12-21(38-11-5-10-37(2)29(38)42)22(43-3)13-17(16)20(39)8-9-35/h4,6-7,12-14,20H,5,8,10-11,15H2,1-3H3,(H,36,40). The van der Waals surface area contributed by atoms with Crippen molar-refractivity contribution < 1.29 is 23.1 Å². The van der Waals surface area contributed by atoms with Gasteiger partial charge in [0.05, 0.1) is 47.1 Å². The maximum atomic E-state index is 14.4. The Balaban J connectivity index is 1.60. The molecule has 1 unspecified atom stereocenters. The zero-order chi connectivity index (χ0) is 31.9. The quantitative estimate of drug-likeness (QED) is 0.297. The lowest BCUT2D eigenvalue weighted by Crippen LogP contribution is -2.47. The second-order valence-electron chi connectivity index (χ2n) is 10.5. The van der Waals surface area contributed by atoms with E-state index in [1.165, 1.54) is 12.0 Å². The highest BCUT2D eigenvalue weighted by Crippen LogP contribution is 2.45. The third-order valence-electron chi connectivity index (χ3n) is 7.60. The Bertz CT molecular complexity index is 1740. The molecule has 3 heterocycles. The molecular weight excluding hydrogens is 635 g/mol. The molecule has 0 spiro atoms. The fraction of sp³-hybridized carbons (Fsp3) is 0.333. The van der Waals surface area contributed by atoms with Crippen LogP contribution in [0.2, 0.25) is 10.0 Å². The minimum Gasteiger partial charge on any atom is -0.495 e. The van der Waals surface area contributed by atoms with Crippen molar-refractivity contribution in [3.05, 3.63) is 79.2 Å². The number of amides is 3. The largest absolute Gasteiger partial charge is 0.495 e. The number of aromatic amines is 1. The smallest absolute Gasteiger partial charge is 0.324 e. The van der Waals surface area contributed by atoms with Crippen molar-refractivity contribution in [2.24, 2.45) is 0 Å². The monoisotopic (exact) mass is 661 g/mol. The van der Waals surface area contributed by atoms with Crippen molar-refractivity contribution in [2.75, 3.05) is 32.1 Å². The van der Waals surface area contributed by atoms with Crippen LogP contribution in [0.15, 0.2) is 51.0 Å². The first-order chi connectivity index (χ1) is 20.8. The number of pyridine rings is 1. The van der Waals surface area contributed by atoms with Gasteiger partial charge in [0, 0.05) is 43.4 Å². The van der Waals surface area contributed by atoms with Crippen molar-refractivity contribution in [1.29, 1.82) is 5.26 Å². The van der Waals surface area contributed by atoms with Crippen LogP contribution < -0.4 is 15.2 Å². The van der Waals surface area contributed by atoms with Crippen molar-refractivity contribution in [1.82, 2.24) is 14.8 Å². The number of rotatable bonds is 7. The molecule has 5 rings (SSSR count). The molecule has 14 heteroatoms. The minimum absolute atomic E-state index is 0.00252. The van der Waals surface area contributed by atoms with E-state index in [4.69, 9.17) is 27.9 Å². The molecule has 1 aromatic heterocycles. The number of halogens is 4. The number of nitrogens with zero attached hydrogens (tertiary/aromatic N) is 4. The van der Waals surface area contributed by atoms with Gasteiger partial charge in [-0.2, -0.15) is 5.26 Å². The third-order valence-corrected chi connectivity index (χ3v) is 9.64. The molecule has 2 aliphatic rings. The zero-order valence-electron chi connectivity index (χ0n) is 23.9. The number of nitrogens with one attached hydrogen (secondary N) is 1. The molecule has 0 bridgehead atoms. The van der Waals surface area contributed by atoms with E-state index in [1.54, 1.807) is 47.2 Å². The molecule has 2 aliphatic heterocycles. The SMILES string of the molecule is COc1cc2c(cc1N1CCCN(C)C1=O)CN(C(=O)c1c(Sc3c(Cl)cccc3Cl)cc(C(C)(F)F)[nH]c1=O)C2CC#N. The van der Waals surface area contributed by atoms with Gasteiger partial charge < -0.3 is 19.5 Å². The van der Waals surface area contributed by atoms with Crippen molar-refractivity contribution in [2.45, 2.75) is 48.1 Å². The summed E-state index contributed by atoms with van der Waals surface area (Å²) in [5, 5.41) is 10.1. The van der Waals surface area contributed by atoms with Crippen LogP contribution >= 0.6 is 35.0 Å². The number of benzene rings is 2. The predicted octanol–water partition coefficient (Wildman–Crippen LogP) is 6.83. The number of fused-ring (bicyclic) bond motifs is 1. The minimum atomic E-state index is -3.42. The first-order valence-electron chi connectivity index (χ1n) is 13.5. The van der Waals surface area contributed by atoms with E-state index in [0.717, 1.165) is 24.2 Å². The zero-order valence-corrected chi connectivity index (χ0v) is 26.2. The van der Waals surface area contributed by atoms with Crippen LogP contribution in [0.25, 0.3) is 0 Å². The van der Waals surface area contributed by atoms with Crippen LogP contribution in [-0.4, -0.2) is 54.0 Å². The van der Waals surface area contributed by atoms with Gasteiger partial charge in [-0.15, -0.1) is 0 Å². The lowest BCUT2D eigenvalue weighted by atomic mass is 10.0. The Morgan fingerprint density at radius 1 is 1.20 bits per heavy atom. The highest BCUT2D eigenvalue weighted by molar-refractivity contribution is 7.99. The summed E-state index contributed by atoms with van der Waals surface area (Å²) < 4.78 is 34.4. The predicted molar refractivity (Wildman–Crippen MR) is 163 cm³/mol. The molecule has 44 heavy (non-hydrogen) atoms. The number of methoxy groups -OCH3 is 1. The molecule has 1 atom stereocenters. The van der Waals surface area contributed by atoms with Gasteiger partial charge in [-0.3, -0.25) is 14.5 Å². The normalized spacial score (nSPS) is 16.6. The Morgan fingerprint density at radius 2 is 1.91 bits per heavy atom. The van der Waals surface area contributed by atoms with E-state index in [-0.39, 0.29) is 38.8 Å². The van der Waals surface area contributed by atoms with E-state index in [1.807, 2.05) is 0 Å². The number of carbonyl (C=O) groups excluding carboxylic acids is 2. The van der Waals surface area contributed by atoms with Gasteiger partial charge in [0.1, 0.15) is 11.3 Å². The fourth-order valence-electron chi connectivity index (χ4n) is 5.41. The maximum Gasteiger partial charge on any atom is 0.324 e. The molecule has 0 aliphatic carbocycles. The second-order valence-corrected chi connectivity index (χ2v) is 12.4. The van der Waals surface area contributed by atoms with E-state index >= 15 is 0 Å². The summed E-state index contributed by atoms with van der Waals surface area (Å²) in [6, 6.07) is 10.3. The molecule has 3 amide bonds. The molecule has 9 nitrogen and oxygen atoms in total. The summed E-state index contributed by atoms with van der Waals surface area (Å²) in [5.41, 5.74) is -0.304. The molecule has 1 saturated heterocycles. The van der Waals surface area contributed by atoms with Crippen LogP contribution in [0.1, 0.15) is 53.0 Å². The number of H-pyrrole nitrogens is 1. The number of ether oxygens (including phenoxy) is 1. The number of aromatic nitrogens is 1. The van der Waals surface area contributed by atoms with Crippen molar-refractivity contribution in [3.8, 4) is 11.8 Å². The average molecular weight is 663 g/mol. The second kappa shape index (κ2) is 12.3. The Labute approximate surface area is 266 Å². The van der Waals surface area contributed by atoms with Crippen LogP contribution in [0.3, 0.4) is 0 Å². The Morgan fingerprint density at radius 3 is 2.55 bits per heavy atom. The lowest BCUT2D eigenvalue weighted by Gasteiger charge is -2.34. The van der Waals surface area contributed by atoms with Gasteiger partial charge in [0.15, 0.2) is 0 Å². The first kappa shape index (κ1) is 31.6. The van der Waals surface area contributed by atoms with Crippen LogP contribution in [0.4, 0.5) is 19.3 Å². The Kier molecular flexibility index (Phi) is 8.84. The summed E-state index contributed by atoms with van der Waals surface area (Å²) in [6.07, 6.45) is 0.629. The molecule has 230 valence electrons. The number of urea groups is 1. The number of hydrogen-bond donors (Lipinski definition) is 1. The highest BCUT2D eigenvalue weighted by atomic mass is 35.5. The summed E-state index contributed by atoms with van der Waals surface area (Å²) >= 11 is 13.5. The third kappa shape index (κ3) is 5.84. The van der Waals surface area contributed by atoms with E-state index in [9.17, 15) is 28.4 Å². The number of alkyl halides is 2. The molecule has 1 N–H and O–H groups in total. The van der Waals surface area contributed by atoms with Crippen LogP contribution in [0.5, 0.6) is 5.75 Å². The number of nitriles is 1. The van der Waals surface area contributed by atoms with Crippen LogP contribution in [-0.2, 0) is 12.5 Å². The van der Waals surface area contributed by atoms with Gasteiger partial charge >= 0.3 is 6.03 Å². The van der Waals surface area contributed by atoms with E-state index in [0.29, 0.717) is 42.6 Å². The first-order valence-corrected chi connectivity index (χ1v) is 15.1. The van der Waals surface area contributed by atoms with Crippen molar-refractivity contribution in [3.63, 3.8) is 0 Å². The van der Waals surface area contributed by atoms with Gasteiger partial charge in [0.2, 0.25) is 0 Å². The van der Waals surface area contributed by atoms with Gasteiger partial charge in [-0.25, -0.2) is 13.6 Å². The average Bonchev–Trinajstić information content (AvgIpc) is 3.32. The summed E-state index contributed by atoms with van der Waals surface area (Å²) in [6.45, 7) is 1.72. The fourth-order valence-corrected chi connectivity index (χ4v) is 7.05. The number of hydrogen-bond acceptors (Lipinski definition) is 6.